The van der Waals surface area contributed by atoms with E-state index in [9.17, 15) is 9.59 Å². The molecule has 0 radical (unpaired) electrons. The van der Waals surface area contributed by atoms with Gasteiger partial charge in [0, 0.05) is 0 Å². The molecule has 0 aliphatic heterocycles. The molecule has 0 aromatic heterocycles. The number of benzene rings is 1. The lowest BCUT2D eigenvalue weighted by molar-refractivity contribution is -0.114. The van der Waals surface area contributed by atoms with Crippen molar-refractivity contribution in [1.29, 1.82) is 0 Å². The molecule has 21 heavy (non-hydrogen) atoms. The van der Waals surface area contributed by atoms with Gasteiger partial charge in [0.2, 0.25) is 0 Å². The molecule has 0 N–H and O–H groups in total. The van der Waals surface area contributed by atoms with Crippen LogP contribution in [-0.4, -0.2) is 26.6 Å². The molecule has 0 saturated carbocycles. The molecule has 1 aromatic rings. The maximum absolute atomic E-state index is 11.9. The smallest absolute Gasteiger partial charge is 0.312 e. The highest BCUT2D eigenvalue weighted by Crippen LogP contribution is 2.36. The maximum Gasteiger partial charge on any atom is 0.365 e. The number of hydrogen-bond acceptors (Lipinski definition) is 4. The second-order valence-corrected chi connectivity index (χ2v) is 7.42. The zero-order valence-corrected chi connectivity index (χ0v) is 14.6. The topological polar surface area (TPSA) is 55.7 Å². The minimum Gasteiger partial charge on any atom is -0.312 e. The summed E-state index contributed by atoms with van der Waals surface area (Å²) in [4.78, 5) is 28.3. The van der Waals surface area contributed by atoms with E-state index in [1.165, 1.54) is 6.08 Å². The first kappa shape index (κ1) is 16.1. The normalized spacial score (nSPS) is 27.4. The second-order valence-electron chi connectivity index (χ2n) is 4.85. The summed E-state index contributed by atoms with van der Waals surface area (Å²) in [6.07, 6.45) is 1.48. The first-order valence-electron chi connectivity index (χ1n) is 6.24. The van der Waals surface area contributed by atoms with Crippen LogP contribution in [0.25, 0.3) is 0 Å². The number of oxime groups is 1. The Bertz CT molecular complexity index is 636. The standard InChI is InChI=1S/C15H13Br2NO3/c1-9-8-11(19)12(16)15(2,17)13(9)18-21-14(20)10-6-4-3-5-7-10/h3-8,12H,1-2H3/b18-13+. The molecule has 0 saturated heterocycles. The molecule has 0 fully saturated rings. The van der Waals surface area contributed by atoms with Gasteiger partial charge in [0.15, 0.2) is 5.78 Å². The van der Waals surface area contributed by atoms with Crippen molar-refractivity contribution in [3.05, 3.63) is 47.5 Å². The Hall–Kier alpha value is -1.27. The van der Waals surface area contributed by atoms with E-state index >= 15 is 0 Å². The van der Waals surface area contributed by atoms with Crippen LogP contribution in [0.4, 0.5) is 0 Å². The van der Waals surface area contributed by atoms with Gasteiger partial charge in [0.1, 0.15) is 5.71 Å². The third-order valence-electron chi connectivity index (χ3n) is 3.15. The minimum atomic E-state index is -0.736. The number of allylic oxidation sites excluding steroid dienone is 2. The molecule has 2 atom stereocenters. The van der Waals surface area contributed by atoms with E-state index in [2.05, 4.69) is 37.0 Å². The van der Waals surface area contributed by atoms with Crippen molar-refractivity contribution in [3.8, 4) is 0 Å². The summed E-state index contributed by atoms with van der Waals surface area (Å²) in [5.41, 5.74) is 1.59. The van der Waals surface area contributed by atoms with Crippen molar-refractivity contribution >= 4 is 49.3 Å². The van der Waals surface area contributed by atoms with Crippen LogP contribution in [0.3, 0.4) is 0 Å². The van der Waals surface area contributed by atoms with Gasteiger partial charge in [-0.15, -0.1) is 0 Å². The molecule has 0 bridgehead atoms. The average Bonchev–Trinajstić information content (AvgIpc) is 2.45. The van der Waals surface area contributed by atoms with E-state index in [-0.39, 0.29) is 5.78 Å². The second kappa shape index (κ2) is 6.23. The summed E-state index contributed by atoms with van der Waals surface area (Å²) in [5.74, 6) is -0.595. The van der Waals surface area contributed by atoms with Gasteiger partial charge in [0.05, 0.1) is 14.7 Å². The van der Waals surface area contributed by atoms with Crippen LogP contribution < -0.4 is 0 Å². The monoisotopic (exact) mass is 413 g/mol. The van der Waals surface area contributed by atoms with Gasteiger partial charge in [-0.3, -0.25) is 4.79 Å². The molecule has 1 aliphatic rings. The molecule has 1 aliphatic carbocycles. The number of alkyl halides is 2. The van der Waals surface area contributed by atoms with Crippen molar-refractivity contribution in [1.82, 2.24) is 0 Å². The zero-order chi connectivity index (χ0) is 15.6. The van der Waals surface area contributed by atoms with Gasteiger partial charge >= 0.3 is 5.97 Å². The average molecular weight is 415 g/mol. The molecular formula is C15H13Br2NO3. The van der Waals surface area contributed by atoms with Gasteiger partial charge in [-0.25, -0.2) is 4.79 Å². The highest BCUT2D eigenvalue weighted by atomic mass is 79.9. The molecule has 2 rings (SSSR count). The number of carbonyl (C=O) groups excluding carboxylic acids is 2. The number of hydrogen-bond donors (Lipinski definition) is 0. The van der Waals surface area contributed by atoms with E-state index in [0.29, 0.717) is 16.8 Å². The summed E-state index contributed by atoms with van der Waals surface area (Å²) in [6.45, 7) is 3.56. The lowest BCUT2D eigenvalue weighted by Gasteiger charge is -2.31. The third-order valence-corrected chi connectivity index (χ3v) is 5.97. The molecule has 1 aromatic carbocycles. The first-order valence-corrected chi connectivity index (χ1v) is 7.95. The number of rotatable bonds is 2. The Kier molecular flexibility index (Phi) is 4.78. The highest BCUT2D eigenvalue weighted by molar-refractivity contribution is 9.13. The van der Waals surface area contributed by atoms with E-state index in [4.69, 9.17) is 4.84 Å². The van der Waals surface area contributed by atoms with Crippen LogP contribution in [0.2, 0.25) is 0 Å². The lowest BCUT2D eigenvalue weighted by Crippen LogP contribution is -2.46. The highest BCUT2D eigenvalue weighted by Gasteiger charge is 2.43. The molecule has 0 spiro atoms. The van der Waals surface area contributed by atoms with Crippen molar-refractivity contribution in [2.75, 3.05) is 0 Å². The van der Waals surface area contributed by atoms with Crippen molar-refractivity contribution in [3.63, 3.8) is 0 Å². The summed E-state index contributed by atoms with van der Waals surface area (Å²) in [7, 11) is 0. The van der Waals surface area contributed by atoms with Crippen molar-refractivity contribution in [2.24, 2.45) is 5.16 Å². The molecule has 6 heteroatoms. The van der Waals surface area contributed by atoms with Crippen LogP contribution in [0.15, 0.2) is 47.1 Å². The fourth-order valence-electron chi connectivity index (χ4n) is 2.00. The fourth-order valence-corrected chi connectivity index (χ4v) is 2.96. The SMILES string of the molecule is CC1=CC(=O)C(Br)C(C)(Br)/C1=N/OC(=O)c1ccccc1. The van der Waals surface area contributed by atoms with Crippen LogP contribution in [-0.2, 0) is 9.63 Å². The van der Waals surface area contributed by atoms with E-state index < -0.39 is 15.1 Å². The van der Waals surface area contributed by atoms with Gasteiger partial charge in [-0.05, 0) is 37.6 Å². The van der Waals surface area contributed by atoms with Gasteiger partial charge in [0.25, 0.3) is 0 Å². The summed E-state index contributed by atoms with van der Waals surface area (Å²) in [6, 6.07) is 8.61. The third kappa shape index (κ3) is 3.32. The van der Waals surface area contributed by atoms with Crippen molar-refractivity contribution < 1.29 is 14.4 Å². The summed E-state index contributed by atoms with van der Waals surface area (Å²) < 4.78 is -0.736. The zero-order valence-electron chi connectivity index (χ0n) is 11.5. The molecule has 4 nitrogen and oxygen atoms in total. The Labute approximate surface area is 139 Å². The largest absolute Gasteiger partial charge is 0.365 e. The molecule has 0 amide bonds. The minimum absolute atomic E-state index is 0.0554. The quantitative estimate of drug-likeness (QED) is 0.421. The predicted octanol–water partition coefficient (Wildman–Crippen LogP) is 3.65. The van der Waals surface area contributed by atoms with Gasteiger partial charge in [-0.1, -0.05) is 55.2 Å². The number of ketones is 1. The fraction of sp³-hybridized carbons (Fsp3) is 0.267. The van der Waals surface area contributed by atoms with E-state index in [1.807, 2.05) is 6.07 Å². The summed E-state index contributed by atoms with van der Waals surface area (Å²) in [5, 5.41) is 3.95. The molecule has 2 unspecified atom stereocenters. The van der Waals surface area contributed by atoms with Crippen LogP contribution in [0.1, 0.15) is 24.2 Å². The van der Waals surface area contributed by atoms with Crippen LogP contribution in [0, 0.1) is 0 Å². The predicted molar refractivity (Wildman–Crippen MR) is 88.1 cm³/mol. The van der Waals surface area contributed by atoms with Gasteiger partial charge < -0.3 is 4.84 Å². The van der Waals surface area contributed by atoms with E-state index in [1.54, 1.807) is 38.1 Å². The maximum atomic E-state index is 11.9. The first-order chi connectivity index (χ1) is 9.84. The lowest BCUT2D eigenvalue weighted by atomic mass is 9.88. The Morgan fingerprint density at radius 1 is 1.33 bits per heavy atom. The number of carbonyl (C=O) groups is 2. The van der Waals surface area contributed by atoms with E-state index in [0.717, 1.165) is 0 Å². The number of nitrogens with zero attached hydrogens (tertiary/aromatic N) is 1. The Balaban J connectivity index is 2.26. The number of halogens is 2. The van der Waals surface area contributed by atoms with Gasteiger partial charge in [-0.2, -0.15) is 0 Å². The van der Waals surface area contributed by atoms with Crippen LogP contribution in [0.5, 0.6) is 0 Å². The summed E-state index contributed by atoms with van der Waals surface area (Å²) >= 11 is 6.81. The Morgan fingerprint density at radius 2 is 1.95 bits per heavy atom. The molecule has 110 valence electrons. The Morgan fingerprint density at radius 3 is 2.57 bits per heavy atom. The van der Waals surface area contributed by atoms with Crippen LogP contribution >= 0.6 is 31.9 Å². The molecule has 0 heterocycles. The van der Waals surface area contributed by atoms with Crippen molar-refractivity contribution in [2.45, 2.75) is 23.0 Å². The molecular weight excluding hydrogens is 402 g/mol.